The number of fused-ring (bicyclic) bond motifs is 1. The van der Waals surface area contributed by atoms with Crippen molar-refractivity contribution >= 4 is 40.0 Å². The maximum atomic E-state index is 13.3. The Kier molecular flexibility index (Phi) is 4.97. The first kappa shape index (κ1) is 18.6. The molecule has 1 amide bonds. The normalized spacial score (nSPS) is 11.6. The Morgan fingerprint density at radius 1 is 1.14 bits per heavy atom. The number of anilines is 1. The molecule has 29 heavy (non-hydrogen) atoms. The number of phenolic OH excluding ortho intramolecular Hbond substituents is 1. The number of hydrogen-bond acceptors (Lipinski definition) is 5. The van der Waals surface area contributed by atoms with Crippen molar-refractivity contribution < 1.29 is 18.7 Å². The van der Waals surface area contributed by atoms with E-state index in [1.807, 2.05) is 0 Å². The van der Waals surface area contributed by atoms with Crippen molar-refractivity contribution in [3.63, 3.8) is 0 Å². The van der Waals surface area contributed by atoms with Crippen LogP contribution in [-0.4, -0.2) is 16.0 Å². The summed E-state index contributed by atoms with van der Waals surface area (Å²) in [7, 11) is 0. The second-order valence-corrected chi connectivity index (χ2v) is 6.47. The van der Waals surface area contributed by atoms with Gasteiger partial charge < -0.3 is 14.8 Å². The van der Waals surface area contributed by atoms with Gasteiger partial charge in [-0.2, -0.15) is 0 Å². The highest BCUT2D eigenvalue weighted by atomic mass is 35.5. The van der Waals surface area contributed by atoms with Gasteiger partial charge in [0, 0.05) is 17.6 Å². The van der Waals surface area contributed by atoms with Crippen molar-refractivity contribution in [3.8, 4) is 5.75 Å². The summed E-state index contributed by atoms with van der Waals surface area (Å²) < 4.78 is 19.1. The van der Waals surface area contributed by atoms with E-state index >= 15 is 0 Å². The molecule has 144 valence electrons. The van der Waals surface area contributed by atoms with Crippen LogP contribution in [0, 0.1) is 5.82 Å². The first-order chi connectivity index (χ1) is 14.0. The fraction of sp³-hybridized carbons (Fsp3) is 0. The minimum atomic E-state index is -0.512. The lowest BCUT2D eigenvalue weighted by Crippen LogP contribution is -2.22. The number of benzene rings is 2. The Morgan fingerprint density at radius 2 is 2.00 bits per heavy atom. The molecule has 0 spiro atoms. The summed E-state index contributed by atoms with van der Waals surface area (Å²) in [6.07, 6.45) is 1.55. The van der Waals surface area contributed by atoms with E-state index in [-0.39, 0.29) is 27.6 Å². The van der Waals surface area contributed by atoms with Gasteiger partial charge in [0.15, 0.2) is 0 Å². The van der Waals surface area contributed by atoms with Crippen LogP contribution in [0.25, 0.3) is 11.0 Å². The second kappa shape index (κ2) is 7.73. The van der Waals surface area contributed by atoms with E-state index in [4.69, 9.17) is 16.0 Å². The number of halogens is 2. The van der Waals surface area contributed by atoms with Crippen LogP contribution in [0.4, 0.5) is 15.9 Å². The van der Waals surface area contributed by atoms with Crippen molar-refractivity contribution in [2.45, 2.75) is 0 Å². The standard InChI is InChI=1S/C21H13ClFN3O3/c22-16-10-13(23)5-7-17(16)25-21-15(20(28)26-19-3-1-2-8-24-19)9-12-4-6-14(27)11-18(12)29-21/h1-11,27H,(H,24,26,28). The molecule has 2 aromatic carbocycles. The van der Waals surface area contributed by atoms with E-state index in [1.165, 1.54) is 24.3 Å². The van der Waals surface area contributed by atoms with Crippen LogP contribution in [0.1, 0.15) is 10.4 Å². The molecule has 0 aliphatic heterocycles. The molecule has 0 aliphatic carbocycles. The molecule has 2 heterocycles. The SMILES string of the molecule is O=C(Nc1ccccn1)c1cc2ccc(O)cc2oc1=Nc1ccc(F)cc1Cl. The van der Waals surface area contributed by atoms with Gasteiger partial charge in [0.05, 0.1) is 10.7 Å². The van der Waals surface area contributed by atoms with Crippen molar-refractivity contribution in [2.24, 2.45) is 4.99 Å². The van der Waals surface area contributed by atoms with Gasteiger partial charge in [0.2, 0.25) is 5.55 Å². The average Bonchev–Trinajstić information content (AvgIpc) is 2.70. The third-order valence-electron chi connectivity index (χ3n) is 4.02. The molecule has 2 N–H and O–H groups in total. The van der Waals surface area contributed by atoms with Crippen LogP contribution in [-0.2, 0) is 0 Å². The smallest absolute Gasteiger partial charge is 0.262 e. The minimum absolute atomic E-state index is 0.00213. The summed E-state index contributed by atoms with van der Waals surface area (Å²) >= 11 is 6.06. The molecule has 0 aliphatic rings. The second-order valence-electron chi connectivity index (χ2n) is 6.06. The van der Waals surface area contributed by atoms with Crippen LogP contribution in [0.15, 0.2) is 76.3 Å². The number of nitrogens with zero attached hydrogens (tertiary/aromatic N) is 2. The molecule has 0 saturated carbocycles. The summed E-state index contributed by atoms with van der Waals surface area (Å²) in [6.45, 7) is 0. The van der Waals surface area contributed by atoms with E-state index in [1.54, 1.807) is 36.5 Å². The van der Waals surface area contributed by atoms with Crippen LogP contribution in [0.3, 0.4) is 0 Å². The molecule has 0 atom stereocenters. The number of aromatic nitrogens is 1. The fourth-order valence-corrected chi connectivity index (χ4v) is 2.86. The molecule has 6 nitrogen and oxygen atoms in total. The van der Waals surface area contributed by atoms with Gasteiger partial charge in [-0.1, -0.05) is 17.7 Å². The Balaban J connectivity index is 1.89. The number of hydrogen-bond donors (Lipinski definition) is 2. The number of nitrogens with one attached hydrogen (secondary N) is 1. The molecule has 4 aromatic rings. The number of rotatable bonds is 3. The predicted molar refractivity (Wildman–Crippen MR) is 107 cm³/mol. The van der Waals surface area contributed by atoms with Gasteiger partial charge in [-0.15, -0.1) is 0 Å². The van der Waals surface area contributed by atoms with Crippen molar-refractivity contribution in [1.82, 2.24) is 4.98 Å². The molecular formula is C21H13ClFN3O3. The van der Waals surface area contributed by atoms with Crippen molar-refractivity contribution in [3.05, 3.63) is 88.8 Å². The molecule has 2 aromatic heterocycles. The number of amides is 1. The highest BCUT2D eigenvalue weighted by molar-refractivity contribution is 6.32. The number of aromatic hydroxyl groups is 1. The maximum absolute atomic E-state index is 13.3. The average molecular weight is 410 g/mol. The van der Waals surface area contributed by atoms with Gasteiger partial charge in [0.1, 0.15) is 28.5 Å². The maximum Gasteiger partial charge on any atom is 0.262 e. The first-order valence-corrected chi connectivity index (χ1v) is 8.86. The van der Waals surface area contributed by atoms with E-state index in [0.717, 1.165) is 6.07 Å². The highest BCUT2D eigenvalue weighted by Crippen LogP contribution is 2.26. The van der Waals surface area contributed by atoms with E-state index in [9.17, 15) is 14.3 Å². The molecule has 0 bridgehead atoms. The fourth-order valence-electron chi connectivity index (χ4n) is 2.65. The highest BCUT2D eigenvalue weighted by Gasteiger charge is 2.14. The number of carbonyl (C=O) groups is 1. The minimum Gasteiger partial charge on any atom is -0.508 e. The Morgan fingerprint density at radius 3 is 2.76 bits per heavy atom. The van der Waals surface area contributed by atoms with E-state index in [2.05, 4.69) is 15.3 Å². The lowest BCUT2D eigenvalue weighted by atomic mass is 10.1. The van der Waals surface area contributed by atoms with E-state index in [0.29, 0.717) is 16.8 Å². The quantitative estimate of drug-likeness (QED) is 0.508. The van der Waals surface area contributed by atoms with Crippen molar-refractivity contribution in [2.75, 3.05) is 5.32 Å². The summed E-state index contributed by atoms with van der Waals surface area (Å²) in [4.78, 5) is 21.2. The van der Waals surface area contributed by atoms with Crippen LogP contribution in [0.5, 0.6) is 5.75 Å². The zero-order valence-electron chi connectivity index (χ0n) is 14.8. The van der Waals surface area contributed by atoms with Crippen LogP contribution >= 0.6 is 11.6 Å². The third-order valence-corrected chi connectivity index (χ3v) is 4.32. The summed E-state index contributed by atoms with van der Waals surface area (Å²) in [5.41, 5.74) is 0.610. The lowest BCUT2D eigenvalue weighted by molar-refractivity contribution is 0.102. The van der Waals surface area contributed by atoms with Gasteiger partial charge in [-0.25, -0.2) is 14.4 Å². The Bertz CT molecular complexity index is 1290. The Hall–Kier alpha value is -3.71. The first-order valence-electron chi connectivity index (χ1n) is 8.49. The topological polar surface area (TPSA) is 87.7 Å². The van der Waals surface area contributed by atoms with Gasteiger partial charge >= 0.3 is 0 Å². The molecule has 0 unspecified atom stereocenters. The third kappa shape index (κ3) is 4.09. The van der Waals surface area contributed by atoms with Crippen LogP contribution < -0.4 is 10.9 Å². The zero-order valence-corrected chi connectivity index (χ0v) is 15.5. The summed E-state index contributed by atoms with van der Waals surface area (Å²) in [5, 5.41) is 13.0. The van der Waals surface area contributed by atoms with Crippen LogP contribution in [0.2, 0.25) is 5.02 Å². The molecule has 4 rings (SSSR count). The molecule has 0 saturated heterocycles. The number of carbonyl (C=O) groups excluding carboxylic acids is 1. The monoisotopic (exact) mass is 409 g/mol. The number of pyridine rings is 1. The van der Waals surface area contributed by atoms with Gasteiger partial charge in [-0.3, -0.25) is 4.79 Å². The Labute approximate surface area is 168 Å². The molecule has 0 radical (unpaired) electrons. The molecular weight excluding hydrogens is 397 g/mol. The lowest BCUT2D eigenvalue weighted by Gasteiger charge is -2.07. The van der Waals surface area contributed by atoms with E-state index < -0.39 is 11.7 Å². The summed E-state index contributed by atoms with van der Waals surface area (Å²) in [5.74, 6) is -0.659. The van der Waals surface area contributed by atoms with Gasteiger partial charge in [0.25, 0.3) is 5.91 Å². The molecule has 0 fully saturated rings. The number of phenols is 1. The largest absolute Gasteiger partial charge is 0.508 e. The molecule has 8 heteroatoms. The van der Waals surface area contributed by atoms with Crippen molar-refractivity contribution in [1.29, 1.82) is 0 Å². The van der Waals surface area contributed by atoms with Gasteiger partial charge in [-0.05, 0) is 48.5 Å². The predicted octanol–water partition coefficient (Wildman–Crippen LogP) is 4.81. The summed E-state index contributed by atoms with van der Waals surface area (Å²) in [6, 6.07) is 14.9. The zero-order chi connectivity index (χ0) is 20.4.